The van der Waals surface area contributed by atoms with Crippen LogP contribution in [0.25, 0.3) is 0 Å². The molecule has 50 heavy (non-hydrogen) atoms. The molecule has 0 aromatic rings. The molecule has 0 radical (unpaired) electrons. The van der Waals surface area contributed by atoms with Crippen molar-refractivity contribution < 1.29 is 58.4 Å². The first-order chi connectivity index (χ1) is 23.1. The van der Waals surface area contributed by atoms with Gasteiger partial charge >= 0.3 is 5.97 Å². The lowest BCUT2D eigenvalue weighted by Crippen LogP contribution is -2.60. The van der Waals surface area contributed by atoms with Gasteiger partial charge in [-0.15, -0.1) is 0 Å². The van der Waals surface area contributed by atoms with E-state index in [1.54, 1.807) is 27.7 Å². The van der Waals surface area contributed by atoms with E-state index in [9.17, 15) is 25.2 Å². The summed E-state index contributed by atoms with van der Waals surface area (Å²) in [5, 5.41) is 45.9. The first-order valence-corrected chi connectivity index (χ1v) is 18.6. The molecule has 19 atom stereocenters. The summed E-state index contributed by atoms with van der Waals surface area (Å²) < 4.78 is 44.8. The van der Waals surface area contributed by atoms with Gasteiger partial charge in [0.15, 0.2) is 12.6 Å². The topological polar surface area (TPSA) is 166 Å². The van der Waals surface area contributed by atoms with Crippen LogP contribution in [0.2, 0.25) is 0 Å². The number of rotatable bonds is 7. The van der Waals surface area contributed by atoms with E-state index in [0.29, 0.717) is 12.8 Å². The fourth-order valence-electron chi connectivity index (χ4n) is 9.20. The van der Waals surface area contributed by atoms with Crippen molar-refractivity contribution >= 4 is 5.97 Å². The molecule has 292 valence electrons. The zero-order valence-corrected chi connectivity index (χ0v) is 32.6. The number of hydrogen-bond donors (Lipinski definition) is 4. The van der Waals surface area contributed by atoms with Gasteiger partial charge in [-0.25, -0.2) is 0 Å². The van der Waals surface area contributed by atoms with Crippen LogP contribution in [-0.4, -0.2) is 143 Å². The van der Waals surface area contributed by atoms with Gasteiger partial charge in [-0.3, -0.25) is 4.79 Å². The average molecular weight is 718 g/mol. The number of methoxy groups -OCH3 is 1. The van der Waals surface area contributed by atoms with Crippen molar-refractivity contribution in [2.24, 2.45) is 23.7 Å². The van der Waals surface area contributed by atoms with E-state index in [2.05, 4.69) is 6.92 Å². The number of nitrogens with zero attached hydrogens (tertiary/aromatic N) is 1. The minimum Gasteiger partial charge on any atom is -0.459 e. The van der Waals surface area contributed by atoms with Crippen molar-refractivity contribution in [2.75, 3.05) is 21.2 Å². The molecule has 4 fully saturated rings. The predicted octanol–water partition coefficient (Wildman–Crippen LogP) is 2.62. The highest BCUT2D eigenvalue weighted by molar-refractivity contribution is 5.73. The highest BCUT2D eigenvalue weighted by atomic mass is 16.7. The summed E-state index contributed by atoms with van der Waals surface area (Å²) in [6.45, 7) is 18.3. The maximum atomic E-state index is 14.1. The van der Waals surface area contributed by atoms with Crippen LogP contribution in [0, 0.1) is 23.7 Å². The molecule has 4 rings (SSSR count). The van der Waals surface area contributed by atoms with Crippen LogP contribution in [0.3, 0.4) is 0 Å². The van der Waals surface area contributed by atoms with Crippen molar-refractivity contribution in [3.8, 4) is 0 Å². The van der Waals surface area contributed by atoms with Gasteiger partial charge in [0.2, 0.25) is 0 Å². The molecule has 0 spiro atoms. The molecular weight excluding hydrogens is 650 g/mol. The van der Waals surface area contributed by atoms with Gasteiger partial charge in [0.05, 0.1) is 53.7 Å². The third-order valence-electron chi connectivity index (χ3n) is 12.4. The molecular formula is C37H67NO12. The molecule has 0 saturated carbocycles. The van der Waals surface area contributed by atoms with Crippen molar-refractivity contribution in [3.05, 3.63) is 0 Å². The van der Waals surface area contributed by atoms with E-state index in [4.69, 9.17) is 33.2 Å². The number of fused-ring (bicyclic) bond motifs is 2. The van der Waals surface area contributed by atoms with E-state index in [1.807, 2.05) is 46.7 Å². The zero-order chi connectivity index (χ0) is 37.7. The van der Waals surface area contributed by atoms with Crippen molar-refractivity contribution in [1.82, 2.24) is 4.90 Å². The Hall–Kier alpha value is -0.970. The Bertz CT molecular complexity index is 1140. The third-order valence-corrected chi connectivity index (χ3v) is 12.4. The number of esters is 1. The number of aliphatic hydroxyl groups is 4. The minimum absolute atomic E-state index is 0.0572. The smallest absolute Gasteiger partial charge is 0.311 e. The fourth-order valence-corrected chi connectivity index (χ4v) is 9.20. The van der Waals surface area contributed by atoms with Gasteiger partial charge in [0, 0.05) is 31.4 Å². The first-order valence-electron chi connectivity index (χ1n) is 18.6. The Morgan fingerprint density at radius 3 is 2.14 bits per heavy atom. The van der Waals surface area contributed by atoms with E-state index in [-0.39, 0.29) is 30.9 Å². The fraction of sp³-hybridized carbons (Fsp3) is 0.973. The minimum atomic E-state index is -1.78. The molecule has 13 nitrogen and oxygen atoms in total. The Morgan fingerprint density at radius 2 is 1.56 bits per heavy atom. The second kappa shape index (κ2) is 15.8. The summed E-state index contributed by atoms with van der Waals surface area (Å²) in [5.41, 5.74) is -3.76. The Morgan fingerprint density at radius 1 is 0.920 bits per heavy atom. The molecule has 4 aliphatic heterocycles. The third kappa shape index (κ3) is 8.08. The van der Waals surface area contributed by atoms with E-state index >= 15 is 0 Å². The molecule has 4 heterocycles. The first kappa shape index (κ1) is 41.8. The summed E-state index contributed by atoms with van der Waals surface area (Å²) in [6, 6.07) is -0.225. The molecule has 0 aromatic carbocycles. The zero-order valence-electron chi connectivity index (χ0n) is 32.6. The highest BCUT2D eigenvalue weighted by Gasteiger charge is 2.58. The van der Waals surface area contributed by atoms with E-state index < -0.39 is 102 Å². The van der Waals surface area contributed by atoms with Gasteiger partial charge in [-0.1, -0.05) is 27.7 Å². The summed E-state index contributed by atoms with van der Waals surface area (Å²) in [5.74, 6) is -2.72. The Labute approximate surface area is 299 Å². The van der Waals surface area contributed by atoms with Crippen molar-refractivity contribution in [2.45, 2.75) is 185 Å². The van der Waals surface area contributed by atoms with Crippen molar-refractivity contribution in [3.63, 3.8) is 0 Å². The SMILES string of the molecule is CC[C@@H]1OC(=O)[C@H](C)[C@H](O[C@H]2C[C@](C)(OC)[C@H](O)[C@@H](C)O2)[C@H](C)[C@@H](O[C@@H]2O[C@H](C)C[C@H](N(C)C)[C@H]2O)[C@]2(C)C[C@H](C)[C@H](O2)[C@H](C)[C@@H](O)[C@]1(C)O. The molecule has 0 amide bonds. The molecule has 0 aromatic heterocycles. The summed E-state index contributed by atoms with van der Waals surface area (Å²) >= 11 is 0. The highest BCUT2D eigenvalue weighted by Crippen LogP contribution is 2.48. The maximum Gasteiger partial charge on any atom is 0.311 e. The number of likely N-dealkylation sites (N-methyl/N-ethyl adjacent to an activating group) is 1. The number of cyclic esters (lactones) is 1. The van der Waals surface area contributed by atoms with Crippen LogP contribution in [0.15, 0.2) is 0 Å². The second-order valence-corrected chi connectivity index (χ2v) is 16.8. The molecule has 0 unspecified atom stereocenters. The van der Waals surface area contributed by atoms with Gasteiger partial charge < -0.3 is 58.5 Å². The van der Waals surface area contributed by atoms with Crippen LogP contribution in [0.4, 0.5) is 0 Å². The molecule has 4 aliphatic rings. The van der Waals surface area contributed by atoms with Crippen molar-refractivity contribution in [1.29, 1.82) is 0 Å². The monoisotopic (exact) mass is 717 g/mol. The van der Waals surface area contributed by atoms with Crippen LogP contribution >= 0.6 is 0 Å². The van der Waals surface area contributed by atoms with E-state index in [1.165, 1.54) is 14.0 Å². The summed E-state index contributed by atoms with van der Waals surface area (Å²) in [4.78, 5) is 16.1. The lowest BCUT2D eigenvalue weighted by atomic mass is 9.76. The molecule has 4 N–H and O–H groups in total. The maximum absolute atomic E-state index is 14.1. The number of hydrogen-bond acceptors (Lipinski definition) is 13. The summed E-state index contributed by atoms with van der Waals surface area (Å²) in [7, 11) is 5.36. The van der Waals surface area contributed by atoms with Gasteiger partial charge in [-0.05, 0) is 80.8 Å². The standard InChI is InChI=1S/C37H67NO12/c1-14-25-37(10,43)30(40)20(4)28-18(2)16-36(9,50-28)32(49-34-27(39)24(38(11)12)15-19(3)45-34)21(5)29(22(6)33(42)47-25)48-26-17-35(8,44-13)31(41)23(7)46-26/h18-32,34,39-41,43H,14-17H2,1-13H3/t18-,19+,20-,21-,22+,23+,24-,25-,26-,27+,28-,29+,30+,31+,32+,34-,35-,36-,37+/m0/s1. The lowest BCUT2D eigenvalue weighted by molar-refractivity contribution is -0.318. The quantitative estimate of drug-likeness (QED) is 0.284. The molecule has 4 saturated heterocycles. The number of aliphatic hydroxyl groups excluding tert-OH is 3. The Kier molecular flexibility index (Phi) is 13.2. The van der Waals surface area contributed by atoms with E-state index in [0.717, 1.165) is 0 Å². The van der Waals surface area contributed by atoms with Crippen LogP contribution in [0.1, 0.15) is 94.9 Å². The van der Waals surface area contributed by atoms with Crippen LogP contribution < -0.4 is 0 Å². The predicted molar refractivity (Wildman–Crippen MR) is 184 cm³/mol. The van der Waals surface area contributed by atoms with Crippen LogP contribution in [-0.2, 0) is 38.0 Å². The Balaban J connectivity index is 1.83. The summed E-state index contributed by atoms with van der Waals surface area (Å²) in [6.07, 6.45) is -7.51. The molecule has 13 heteroatoms. The molecule has 2 bridgehead atoms. The average Bonchev–Trinajstić information content (AvgIpc) is 3.37. The van der Waals surface area contributed by atoms with Gasteiger partial charge in [0.25, 0.3) is 0 Å². The largest absolute Gasteiger partial charge is 0.459 e. The van der Waals surface area contributed by atoms with Gasteiger partial charge in [0.1, 0.15) is 23.9 Å². The lowest BCUT2D eigenvalue weighted by Gasteiger charge is -2.48. The molecule has 0 aliphatic carbocycles. The van der Waals surface area contributed by atoms with Crippen LogP contribution in [0.5, 0.6) is 0 Å². The van der Waals surface area contributed by atoms with Gasteiger partial charge in [-0.2, -0.15) is 0 Å². The number of carbonyl (C=O) groups is 1. The number of carbonyl (C=O) groups excluding carboxylic acids is 1. The normalized spacial score (nSPS) is 52.6. The second-order valence-electron chi connectivity index (χ2n) is 16.8. The number of ether oxygens (including phenoxy) is 7.